The van der Waals surface area contributed by atoms with Crippen molar-refractivity contribution in [2.24, 2.45) is 0 Å². The van der Waals surface area contributed by atoms with Gasteiger partial charge in [-0.25, -0.2) is 0 Å². The maximum Gasteiger partial charge on any atom is 0.417 e. The van der Waals surface area contributed by atoms with Gasteiger partial charge in [0.1, 0.15) is 11.8 Å². The highest BCUT2D eigenvalue weighted by atomic mass is 19.4. The van der Waals surface area contributed by atoms with Crippen molar-refractivity contribution in [2.45, 2.75) is 51.4 Å². The lowest BCUT2D eigenvalue weighted by atomic mass is 9.95. The molecular weight excluding hydrogens is 522 g/mol. The number of hydrogen-bond acceptors (Lipinski definition) is 3. The fraction of sp³-hybridized carbons (Fsp3) is 0.344. The van der Waals surface area contributed by atoms with E-state index < -0.39 is 30.4 Å². The number of halogens is 4. The first kappa shape index (κ1) is 29.3. The number of likely N-dealkylation sites (tertiary alicyclic amines) is 1. The minimum Gasteiger partial charge on any atom is -0.493 e. The summed E-state index contributed by atoms with van der Waals surface area (Å²) in [5, 5.41) is 9.65. The van der Waals surface area contributed by atoms with Crippen molar-refractivity contribution in [3.63, 3.8) is 0 Å². The zero-order valence-electron chi connectivity index (χ0n) is 22.4. The van der Waals surface area contributed by atoms with Gasteiger partial charge in [-0.3, -0.25) is 14.1 Å². The van der Waals surface area contributed by atoms with Gasteiger partial charge in [-0.1, -0.05) is 67.1 Å². The van der Waals surface area contributed by atoms with E-state index in [1.165, 1.54) is 12.1 Å². The van der Waals surface area contributed by atoms with Crippen molar-refractivity contribution in [3.8, 4) is 16.9 Å². The number of ether oxygens (including phenoxy) is 1. The first-order valence-electron chi connectivity index (χ1n) is 13.4. The topological polar surface area (TPSA) is 49.8 Å². The summed E-state index contributed by atoms with van der Waals surface area (Å²) in [6.45, 7) is 1.76. The second kappa shape index (κ2) is 13.1. The third-order valence-electron chi connectivity index (χ3n) is 7.25. The van der Waals surface area contributed by atoms with Crippen molar-refractivity contribution in [1.29, 1.82) is 0 Å². The third kappa shape index (κ3) is 7.10. The van der Waals surface area contributed by atoms with E-state index in [4.69, 9.17) is 4.74 Å². The molecule has 40 heavy (non-hydrogen) atoms. The maximum absolute atomic E-state index is 14.3. The number of rotatable bonds is 10. The number of nitrogens with zero attached hydrogens (tertiary/aromatic N) is 1. The molecule has 1 saturated heterocycles. The summed E-state index contributed by atoms with van der Waals surface area (Å²) in [7, 11) is 0. The lowest BCUT2D eigenvalue weighted by Gasteiger charge is -2.33. The van der Waals surface area contributed by atoms with E-state index in [0.717, 1.165) is 41.2 Å². The number of aliphatic carboxylic acids is 1. The molecule has 0 saturated carbocycles. The largest absolute Gasteiger partial charge is 0.493 e. The third-order valence-corrected chi connectivity index (χ3v) is 7.25. The molecule has 1 fully saturated rings. The molecule has 4 nitrogen and oxygen atoms in total. The Kier molecular flexibility index (Phi) is 9.63. The molecule has 1 atom stereocenters. The van der Waals surface area contributed by atoms with Gasteiger partial charge in [-0.15, -0.1) is 0 Å². The summed E-state index contributed by atoms with van der Waals surface area (Å²) in [6.07, 6.45) is 0.461. The van der Waals surface area contributed by atoms with Crippen LogP contribution in [0.1, 0.15) is 53.5 Å². The molecule has 0 unspecified atom stereocenters. The number of carboxylic acid groups (broad SMARTS) is 1. The molecule has 8 heteroatoms. The Labute approximate surface area is 231 Å². The van der Waals surface area contributed by atoms with Gasteiger partial charge in [-0.05, 0) is 66.3 Å². The Balaban J connectivity index is 1.74. The Morgan fingerprint density at radius 2 is 1.80 bits per heavy atom. The van der Waals surface area contributed by atoms with Gasteiger partial charge < -0.3 is 9.84 Å². The molecule has 1 aliphatic rings. The van der Waals surface area contributed by atoms with Crippen LogP contribution in [0.2, 0.25) is 0 Å². The van der Waals surface area contributed by atoms with Gasteiger partial charge in [0.05, 0.1) is 18.8 Å². The summed E-state index contributed by atoms with van der Waals surface area (Å²) in [5.41, 5.74) is 3.02. The Hall–Kier alpha value is -3.65. The van der Waals surface area contributed by atoms with E-state index in [9.17, 15) is 27.5 Å². The highest BCUT2D eigenvalue weighted by Crippen LogP contribution is 2.38. The molecule has 0 aromatic heterocycles. The minimum absolute atomic E-state index is 0.00138. The molecule has 1 heterocycles. The monoisotopic (exact) mass is 555 g/mol. The normalized spacial score (nSPS) is 16.4. The molecule has 0 amide bonds. The quantitative estimate of drug-likeness (QED) is 0.156. The average molecular weight is 556 g/mol. The number of alkyl halides is 4. The SMILES string of the molecule is Cc1c(/C=C/c2cc(OCCCF)c(CN3CCCC[C@H]3C(=O)O)cc2C(F)(F)F)cccc1-c1ccccc1. The number of piperidine rings is 1. The maximum atomic E-state index is 14.3. The van der Waals surface area contributed by atoms with E-state index in [-0.39, 0.29) is 36.4 Å². The zero-order chi connectivity index (χ0) is 28.7. The van der Waals surface area contributed by atoms with Crippen LogP contribution in [0, 0.1) is 6.92 Å². The van der Waals surface area contributed by atoms with Crippen LogP contribution in [-0.4, -0.2) is 41.8 Å². The first-order valence-corrected chi connectivity index (χ1v) is 13.4. The standard InChI is InChI=1S/C32H33F4NO3/c1-22-23(11-7-12-27(22)24-9-3-2-4-10-24)14-15-25-20-30(40-18-8-16-33)26(19-28(25)32(34,35)36)21-37-17-6-5-13-29(37)31(38)39/h2-4,7,9-12,14-15,19-20,29H,5-6,8,13,16-18,21H2,1H3,(H,38,39)/b15-14+/t29-/m0/s1. The average Bonchev–Trinajstić information content (AvgIpc) is 2.93. The van der Waals surface area contributed by atoms with Gasteiger partial charge in [0.25, 0.3) is 0 Å². The molecule has 0 bridgehead atoms. The molecule has 0 radical (unpaired) electrons. The Morgan fingerprint density at radius 3 is 2.50 bits per heavy atom. The second-order valence-corrected chi connectivity index (χ2v) is 9.98. The fourth-order valence-corrected chi connectivity index (χ4v) is 5.14. The van der Waals surface area contributed by atoms with Crippen molar-refractivity contribution in [3.05, 3.63) is 88.5 Å². The lowest BCUT2D eigenvalue weighted by Crippen LogP contribution is -2.44. The highest BCUT2D eigenvalue weighted by molar-refractivity contribution is 5.78. The van der Waals surface area contributed by atoms with Gasteiger partial charge in [-0.2, -0.15) is 13.2 Å². The summed E-state index contributed by atoms with van der Waals surface area (Å²) in [6, 6.07) is 17.0. The van der Waals surface area contributed by atoms with Crippen LogP contribution >= 0.6 is 0 Å². The van der Waals surface area contributed by atoms with Crippen LogP contribution in [0.3, 0.4) is 0 Å². The van der Waals surface area contributed by atoms with Gasteiger partial charge in [0.2, 0.25) is 0 Å². The Morgan fingerprint density at radius 1 is 1.05 bits per heavy atom. The van der Waals surface area contributed by atoms with Crippen LogP contribution in [-0.2, 0) is 17.5 Å². The predicted octanol–water partition coefficient (Wildman–Crippen LogP) is 8.03. The van der Waals surface area contributed by atoms with Gasteiger partial charge in [0.15, 0.2) is 0 Å². The molecule has 3 aromatic carbocycles. The number of carbonyl (C=O) groups is 1. The molecule has 0 aliphatic carbocycles. The number of benzene rings is 3. The molecule has 212 valence electrons. The number of carboxylic acids is 1. The molecule has 0 spiro atoms. The van der Waals surface area contributed by atoms with E-state index in [1.807, 2.05) is 55.5 Å². The van der Waals surface area contributed by atoms with E-state index in [0.29, 0.717) is 13.0 Å². The summed E-state index contributed by atoms with van der Waals surface area (Å²) in [4.78, 5) is 13.5. The van der Waals surface area contributed by atoms with E-state index in [1.54, 1.807) is 11.0 Å². The number of hydrogen-bond donors (Lipinski definition) is 1. The van der Waals surface area contributed by atoms with Crippen LogP contribution < -0.4 is 4.74 Å². The van der Waals surface area contributed by atoms with Gasteiger partial charge in [0, 0.05) is 18.5 Å². The predicted molar refractivity (Wildman–Crippen MR) is 149 cm³/mol. The van der Waals surface area contributed by atoms with Crippen molar-refractivity contribution < 1.29 is 32.2 Å². The molecule has 3 aromatic rings. The lowest BCUT2D eigenvalue weighted by molar-refractivity contribution is -0.145. The molecular formula is C32H33F4NO3. The summed E-state index contributed by atoms with van der Waals surface area (Å²) >= 11 is 0. The van der Waals surface area contributed by atoms with Crippen molar-refractivity contribution in [1.82, 2.24) is 4.90 Å². The molecule has 1 N–H and O–H groups in total. The van der Waals surface area contributed by atoms with Crippen LogP contribution in [0.4, 0.5) is 17.6 Å². The first-order chi connectivity index (χ1) is 19.2. The summed E-state index contributed by atoms with van der Waals surface area (Å²) < 4.78 is 61.5. The van der Waals surface area contributed by atoms with Crippen LogP contribution in [0.15, 0.2) is 60.7 Å². The van der Waals surface area contributed by atoms with E-state index >= 15 is 0 Å². The smallest absolute Gasteiger partial charge is 0.417 e. The van der Waals surface area contributed by atoms with Crippen molar-refractivity contribution in [2.75, 3.05) is 19.8 Å². The minimum atomic E-state index is -4.65. The molecule has 4 rings (SSSR count). The fourth-order valence-electron chi connectivity index (χ4n) is 5.14. The highest BCUT2D eigenvalue weighted by Gasteiger charge is 2.35. The zero-order valence-corrected chi connectivity index (χ0v) is 22.4. The summed E-state index contributed by atoms with van der Waals surface area (Å²) in [5.74, 6) is -0.797. The van der Waals surface area contributed by atoms with Crippen LogP contribution in [0.5, 0.6) is 5.75 Å². The Bertz CT molecular complexity index is 1340. The molecule has 1 aliphatic heterocycles. The van der Waals surface area contributed by atoms with E-state index in [2.05, 4.69) is 0 Å². The second-order valence-electron chi connectivity index (χ2n) is 9.98. The van der Waals surface area contributed by atoms with Crippen molar-refractivity contribution >= 4 is 18.1 Å². The van der Waals surface area contributed by atoms with Gasteiger partial charge >= 0.3 is 12.1 Å². The van der Waals surface area contributed by atoms with Crippen LogP contribution in [0.25, 0.3) is 23.3 Å².